The molecule has 0 aliphatic heterocycles. The molecule has 10 aliphatic carbocycles. The Kier molecular flexibility index (Phi) is 6.24. The van der Waals surface area contributed by atoms with E-state index in [1.165, 1.54) is 103 Å². The molecule has 4 unspecified atom stereocenters. The summed E-state index contributed by atoms with van der Waals surface area (Å²) in [4.78, 5) is 0. The SMILES string of the molecule is c1cc(C23CC4CC(C2)CC(C25CC6CC(CC(c7ccc(C8CCCCC8)cc7)(C6)C2)C5)(C4)C3)ccc1C1CCCCC1. The summed E-state index contributed by atoms with van der Waals surface area (Å²) in [6.45, 7) is 0. The summed E-state index contributed by atoms with van der Waals surface area (Å²) in [5.41, 5.74) is 9.02. The molecule has 44 heavy (non-hydrogen) atoms. The first-order valence-corrected chi connectivity index (χ1v) is 19.7. The molecular formula is C44H58. The predicted octanol–water partition coefficient (Wildman–Crippen LogP) is 12.2. The van der Waals surface area contributed by atoms with E-state index in [1.54, 1.807) is 60.8 Å². The first-order chi connectivity index (χ1) is 21.5. The lowest BCUT2D eigenvalue weighted by Crippen LogP contribution is -2.66. The quantitative estimate of drug-likeness (QED) is 0.327. The van der Waals surface area contributed by atoms with Gasteiger partial charge in [0.25, 0.3) is 0 Å². The van der Waals surface area contributed by atoms with Crippen LogP contribution in [-0.4, -0.2) is 0 Å². The maximum Gasteiger partial charge on any atom is -0.00362 e. The summed E-state index contributed by atoms with van der Waals surface area (Å²) in [6.07, 6.45) is 32.9. The largest absolute Gasteiger partial charge is 0.0585 e. The van der Waals surface area contributed by atoms with E-state index >= 15 is 0 Å². The summed E-state index contributed by atoms with van der Waals surface area (Å²) in [6, 6.07) is 21.1. The van der Waals surface area contributed by atoms with Crippen LogP contribution in [0, 0.1) is 34.5 Å². The molecule has 0 radical (unpaired) electrons. The minimum atomic E-state index is 0.479. The van der Waals surface area contributed by atoms with E-state index in [1.807, 2.05) is 0 Å². The molecule has 10 fully saturated rings. The highest BCUT2D eigenvalue weighted by atomic mass is 14.7. The smallest absolute Gasteiger partial charge is 0.00362 e. The van der Waals surface area contributed by atoms with Crippen molar-refractivity contribution in [2.45, 2.75) is 164 Å². The maximum absolute atomic E-state index is 2.67. The molecule has 4 atom stereocenters. The third-order valence-electron chi connectivity index (χ3n) is 16.4. The van der Waals surface area contributed by atoms with Crippen molar-refractivity contribution in [1.82, 2.24) is 0 Å². The Morgan fingerprint density at radius 3 is 1.07 bits per heavy atom. The zero-order valence-corrected chi connectivity index (χ0v) is 27.6. The fourth-order valence-corrected chi connectivity index (χ4v) is 15.5. The molecule has 0 spiro atoms. The Balaban J connectivity index is 0.976. The van der Waals surface area contributed by atoms with Crippen LogP contribution in [0.3, 0.4) is 0 Å². The van der Waals surface area contributed by atoms with Crippen LogP contribution >= 0.6 is 0 Å². The highest BCUT2D eigenvalue weighted by Gasteiger charge is 2.70. The van der Waals surface area contributed by atoms with Crippen LogP contribution in [0.1, 0.15) is 175 Å². The van der Waals surface area contributed by atoms with Gasteiger partial charge in [-0.1, -0.05) is 87.1 Å². The van der Waals surface area contributed by atoms with Crippen molar-refractivity contribution < 1.29 is 0 Å². The molecule has 2 aromatic rings. The average molecular weight is 587 g/mol. The zero-order chi connectivity index (χ0) is 29.0. The Labute approximate surface area is 268 Å². The van der Waals surface area contributed by atoms with Gasteiger partial charge < -0.3 is 0 Å². The van der Waals surface area contributed by atoms with E-state index < -0.39 is 0 Å². The summed E-state index contributed by atoms with van der Waals surface area (Å²) < 4.78 is 0. The van der Waals surface area contributed by atoms with Crippen LogP contribution in [0.25, 0.3) is 0 Å². The van der Waals surface area contributed by atoms with Gasteiger partial charge in [-0.3, -0.25) is 0 Å². The van der Waals surface area contributed by atoms with Crippen molar-refractivity contribution in [2.75, 3.05) is 0 Å². The van der Waals surface area contributed by atoms with E-state index in [0.717, 1.165) is 35.5 Å². The molecule has 0 saturated heterocycles. The number of hydrogen-bond donors (Lipinski definition) is 0. The first-order valence-electron chi connectivity index (χ1n) is 19.7. The monoisotopic (exact) mass is 586 g/mol. The van der Waals surface area contributed by atoms with Gasteiger partial charge in [0.2, 0.25) is 0 Å². The van der Waals surface area contributed by atoms with Crippen molar-refractivity contribution in [2.24, 2.45) is 34.5 Å². The molecule has 2 aromatic carbocycles. The number of hydrogen-bond acceptors (Lipinski definition) is 0. The summed E-state index contributed by atoms with van der Waals surface area (Å²) in [7, 11) is 0. The Bertz CT molecular complexity index is 1230. The second-order valence-corrected chi connectivity index (χ2v) is 19.0. The van der Waals surface area contributed by atoms with E-state index in [2.05, 4.69) is 48.5 Å². The number of rotatable bonds is 5. The molecule has 0 nitrogen and oxygen atoms in total. The highest BCUT2D eigenvalue weighted by Crippen LogP contribution is 2.78. The highest BCUT2D eigenvalue weighted by molar-refractivity contribution is 5.38. The Morgan fingerprint density at radius 1 is 0.386 bits per heavy atom. The van der Waals surface area contributed by atoms with Crippen LogP contribution in [0.2, 0.25) is 0 Å². The number of benzene rings is 2. The van der Waals surface area contributed by atoms with Gasteiger partial charge >= 0.3 is 0 Å². The maximum atomic E-state index is 2.67. The molecule has 0 N–H and O–H groups in total. The summed E-state index contributed by atoms with van der Waals surface area (Å²) >= 11 is 0. The second-order valence-electron chi connectivity index (χ2n) is 19.0. The fraction of sp³-hybridized carbons (Fsp3) is 0.727. The molecule has 0 amide bonds. The average Bonchev–Trinajstić information content (AvgIpc) is 3.05. The van der Waals surface area contributed by atoms with Crippen molar-refractivity contribution in [1.29, 1.82) is 0 Å². The van der Waals surface area contributed by atoms with E-state index in [4.69, 9.17) is 0 Å². The summed E-state index contributed by atoms with van der Waals surface area (Å²) in [5, 5.41) is 0. The van der Waals surface area contributed by atoms with Gasteiger partial charge in [-0.05, 0) is 182 Å². The van der Waals surface area contributed by atoms with Gasteiger partial charge in [0.1, 0.15) is 0 Å². The van der Waals surface area contributed by atoms with Crippen molar-refractivity contribution in [3.8, 4) is 0 Å². The normalized spacial score (nSPS) is 44.8. The first kappa shape index (κ1) is 27.5. The molecular weight excluding hydrogens is 528 g/mol. The van der Waals surface area contributed by atoms with Gasteiger partial charge in [-0.2, -0.15) is 0 Å². The molecule has 234 valence electrons. The lowest BCUT2D eigenvalue weighted by Gasteiger charge is -2.74. The van der Waals surface area contributed by atoms with Crippen molar-refractivity contribution in [3.05, 3.63) is 70.8 Å². The van der Waals surface area contributed by atoms with Gasteiger partial charge in [-0.15, -0.1) is 0 Å². The topological polar surface area (TPSA) is 0 Å². The fourth-order valence-electron chi connectivity index (χ4n) is 15.5. The van der Waals surface area contributed by atoms with Crippen LogP contribution in [-0.2, 0) is 10.8 Å². The molecule has 8 bridgehead atoms. The van der Waals surface area contributed by atoms with E-state index in [9.17, 15) is 0 Å². The van der Waals surface area contributed by atoms with E-state index in [-0.39, 0.29) is 0 Å². The van der Waals surface area contributed by atoms with E-state index in [0.29, 0.717) is 21.7 Å². The third kappa shape index (κ3) is 4.13. The minimum Gasteiger partial charge on any atom is -0.0585 e. The summed E-state index contributed by atoms with van der Waals surface area (Å²) in [5.74, 6) is 5.64. The predicted molar refractivity (Wildman–Crippen MR) is 182 cm³/mol. The van der Waals surface area contributed by atoms with Crippen LogP contribution in [0.4, 0.5) is 0 Å². The molecule has 0 aromatic heterocycles. The lowest BCUT2D eigenvalue weighted by molar-refractivity contribution is -0.212. The second kappa shape index (κ2) is 9.97. The molecule has 0 heterocycles. The van der Waals surface area contributed by atoms with Crippen molar-refractivity contribution >= 4 is 0 Å². The minimum absolute atomic E-state index is 0.479. The molecule has 10 saturated carbocycles. The van der Waals surface area contributed by atoms with Crippen LogP contribution < -0.4 is 0 Å². The Morgan fingerprint density at radius 2 is 0.727 bits per heavy atom. The van der Waals surface area contributed by atoms with Crippen molar-refractivity contribution in [3.63, 3.8) is 0 Å². The van der Waals surface area contributed by atoms with Gasteiger partial charge in [0, 0.05) is 0 Å². The molecule has 10 aliphatic rings. The lowest BCUT2D eigenvalue weighted by atomic mass is 9.30. The van der Waals surface area contributed by atoms with Gasteiger partial charge in [0.05, 0.1) is 0 Å². The van der Waals surface area contributed by atoms with Gasteiger partial charge in [0.15, 0.2) is 0 Å². The standard InChI is InChI=1S/C44H58/c1-3-7-35(8-4-1)37-11-15-39(16-12-37)41-21-31-19-32(22-41)26-43(25-31,29-41)44-27-33-20-34(28-44)24-42(23-33,30-44)40-17-13-38(14-18-40)36-9-5-2-6-10-36/h11-18,31-36H,1-10,19-30H2. The Hall–Kier alpha value is -1.56. The van der Waals surface area contributed by atoms with Crippen LogP contribution in [0.5, 0.6) is 0 Å². The van der Waals surface area contributed by atoms with Crippen LogP contribution in [0.15, 0.2) is 48.5 Å². The molecule has 12 rings (SSSR count). The zero-order valence-electron chi connectivity index (χ0n) is 27.6. The molecule has 0 heteroatoms. The third-order valence-corrected chi connectivity index (χ3v) is 16.4. The van der Waals surface area contributed by atoms with Gasteiger partial charge in [-0.25, -0.2) is 0 Å².